The van der Waals surface area contributed by atoms with Crippen LogP contribution in [0.25, 0.3) is 0 Å². The molecule has 9 nitrogen and oxygen atoms in total. The minimum absolute atomic E-state index is 0.190. The molecule has 0 aliphatic carbocycles. The zero-order valence-corrected chi connectivity index (χ0v) is 27.3. The number of anilines is 1. The average molecular weight is 629 g/mol. The van der Waals surface area contributed by atoms with E-state index in [4.69, 9.17) is 9.47 Å². The molecule has 0 radical (unpaired) electrons. The summed E-state index contributed by atoms with van der Waals surface area (Å²) in [4.78, 5) is 46.8. The van der Waals surface area contributed by atoms with E-state index in [0.29, 0.717) is 17.2 Å². The summed E-state index contributed by atoms with van der Waals surface area (Å²) < 4.78 is 10.9. The van der Waals surface area contributed by atoms with Gasteiger partial charge in [-0.3, -0.25) is 10.1 Å². The Hall–Kier alpha value is -4.41. The van der Waals surface area contributed by atoms with Crippen LogP contribution in [-0.2, 0) is 15.0 Å². The fourth-order valence-electron chi connectivity index (χ4n) is 4.74. The first kappa shape index (κ1) is 33.5. The quantitative estimate of drug-likeness (QED) is 0.0872. The maximum atomic E-state index is 13.1. The first-order valence-corrected chi connectivity index (χ1v) is 15.7. The highest BCUT2D eigenvalue weighted by molar-refractivity contribution is 7.99. The molecule has 0 saturated heterocycles. The standard InChI is InChI=1S/C35H40N4O5S/c1-33(2,3)43-31(41)39(32(42)44-34(4,5)6)28-24-29(40)38-30(37-28)45-23-22-36-35(25-16-10-7-11-17-25,26-18-12-8-13-19-26)27-20-14-9-15-21-27/h7-21,24,36H,22-23H2,1-6H3,(H,37,38,40). The van der Waals surface area contributed by atoms with E-state index in [1.54, 1.807) is 41.5 Å². The SMILES string of the molecule is CC(C)(C)OC(=O)N(C(=O)OC(C)(C)C)c1cc(=O)[nH]c(SCCNC(c2ccccc2)(c2ccccc2)c2ccccc2)n1. The number of hydrogen-bond donors (Lipinski definition) is 2. The molecule has 4 rings (SSSR count). The van der Waals surface area contributed by atoms with E-state index >= 15 is 0 Å². The third kappa shape index (κ3) is 8.83. The van der Waals surface area contributed by atoms with Crippen LogP contribution in [0.4, 0.5) is 15.4 Å². The van der Waals surface area contributed by atoms with Crippen molar-refractivity contribution in [2.75, 3.05) is 17.2 Å². The van der Waals surface area contributed by atoms with Crippen molar-refractivity contribution >= 4 is 29.8 Å². The van der Waals surface area contributed by atoms with Crippen LogP contribution in [0.15, 0.2) is 107 Å². The number of rotatable bonds is 9. The van der Waals surface area contributed by atoms with Crippen molar-refractivity contribution in [3.63, 3.8) is 0 Å². The summed E-state index contributed by atoms with van der Waals surface area (Å²) in [5.74, 6) is 0.310. The van der Waals surface area contributed by atoms with Crippen LogP contribution in [0.3, 0.4) is 0 Å². The first-order valence-electron chi connectivity index (χ1n) is 14.7. The molecule has 0 aliphatic heterocycles. The molecule has 0 fully saturated rings. The number of nitrogens with one attached hydrogen (secondary N) is 2. The molecule has 45 heavy (non-hydrogen) atoms. The summed E-state index contributed by atoms with van der Waals surface area (Å²) in [6, 6.07) is 31.8. The lowest BCUT2D eigenvalue weighted by Crippen LogP contribution is -2.45. The number of amides is 2. The lowest BCUT2D eigenvalue weighted by molar-refractivity contribution is 0.0428. The second-order valence-electron chi connectivity index (χ2n) is 12.3. The number of thioether (sulfide) groups is 1. The Kier molecular flexibility index (Phi) is 10.5. The fourth-order valence-corrected chi connectivity index (χ4v) is 5.47. The van der Waals surface area contributed by atoms with Crippen molar-refractivity contribution in [3.05, 3.63) is 124 Å². The molecule has 4 aromatic rings. The van der Waals surface area contributed by atoms with Gasteiger partial charge in [0.25, 0.3) is 5.56 Å². The van der Waals surface area contributed by atoms with Gasteiger partial charge >= 0.3 is 12.2 Å². The second-order valence-corrected chi connectivity index (χ2v) is 13.4. The van der Waals surface area contributed by atoms with Gasteiger partial charge in [0.05, 0.1) is 5.54 Å². The molecule has 10 heteroatoms. The van der Waals surface area contributed by atoms with E-state index in [2.05, 4.69) is 51.7 Å². The first-order chi connectivity index (χ1) is 21.3. The maximum absolute atomic E-state index is 13.1. The molecular formula is C35H40N4O5S. The van der Waals surface area contributed by atoms with E-state index in [0.717, 1.165) is 22.8 Å². The van der Waals surface area contributed by atoms with Gasteiger partial charge < -0.3 is 14.5 Å². The Morgan fingerprint density at radius 2 is 1.18 bits per heavy atom. The maximum Gasteiger partial charge on any atom is 0.425 e. The van der Waals surface area contributed by atoms with Crippen molar-refractivity contribution < 1.29 is 19.1 Å². The van der Waals surface area contributed by atoms with E-state index in [9.17, 15) is 14.4 Å². The van der Waals surface area contributed by atoms with Crippen LogP contribution in [0, 0.1) is 0 Å². The van der Waals surface area contributed by atoms with E-state index < -0.39 is 34.5 Å². The molecule has 1 heterocycles. The Labute approximate surface area is 268 Å². The predicted molar refractivity (Wildman–Crippen MR) is 178 cm³/mol. The van der Waals surface area contributed by atoms with E-state index in [-0.39, 0.29) is 11.0 Å². The Balaban J connectivity index is 1.62. The van der Waals surface area contributed by atoms with Gasteiger partial charge in [0.15, 0.2) is 11.0 Å². The molecule has 0 aliphatic rings. The summed E-state index contributed by atoms with van der Waals surface area (Å²) in [7, 11) is 0. The highest BCUT2D eigenvalue weighted by Crippen LogP contribution is 2.36. The zero-order chi connectivity index (χ0) is 32.7. The van der Waals surface area contributed by atoms with Crippen molar-refractivity contribution in [2.45, 2.75) is 63.4 Å². The smallest absolute Gasteiger partial charge is 0.425 e. The fraction of sp³-hybridized carbons (Fsp3) is 0.314. The Morgan fingerprint density at radius 1 is 0.756 bits per heavy atom. The van der Waals surface area contributed by atoms with Gasteiger partial charge in [-0.05, 0) is 58.2 Å². The van der Waals surface area contributed by atoms with Crippen LogP contribution < -0.4 is 15.8 Å². The monoisotopic (exact) mass is 628 g/mol. The van der Waals surface area contributed by atoms with Crippen LogP contribution in [0.5, 0.6) is 0 Å². The number of ether oxygens (including phenoxy) is 2. The van der Waals surface area contributed by atoms with Gasteiger partial charge in [-0.2, -0.15) is 4.90 Å². The number of aromatic amines is 1. The van der Waals surface area contributed by atoms with Crippen LogP contribution in [0.1, 0.15) is 58.2 Å². The summed E-state index contributed by atoms with van der Waals surface area (Å²) in [6.45, 7) is 10.6. The van der Waals surface area contributed by atoms with Gasteiger partial charge in [-0.25, -0.2) is 14.6 Å². The summed E-state index contributed by atoms with van der Waals surface area (Å²) in [6.07, 6.45) is -1.99. The minimum atomic E-state index is -0.995. The number of H-pyrrole nitrogens is 1. The molecule has 2 amide bonds. The number of nitrogens with zero attached hydrogens (tertiary/aromatic N) is 2. The Morgan fingerprint density at radius 3 is 1.58 bits per heavy atom. The van der Waals surface area contributed by atoms with Crippen LogP contribution in [-0.4, -0.2) is 45.7 Å². The molecule has 0 atom stereocenters. The van der Waals surface area contributed by atoms with E-state index in [1.165, 1.54) is 11.8 Å². The molecule has 0 unspecified atom stereocenters. The largest absolute Gasteiger partial charge is 0.443 e. The van der Waals surface area contributed by atoms with Crippen LogP contribution >= 0.6 is 11.8 Å². The zero-order valence-electron chi connectivity index (χ0n) is 26.5. The molecule has 0 saturated carbocycles. The van der Waals surface area contributed by atoms with E-state index in [1.807, 2.05) is 54.6 Å². The van der Waals surface area contributed by atoms with Gasteiger partial charge in [-0.1, -0.05) is 103 Å². The molecule has 0 bridgehead atoms. The number of imide groups is 1. The summed E-state index contributed by atoms with van der Waals surface area (Å²) >= 11 is 1.28. The van der Waals surface area contributed by atoms with Crippen molar-refractivity contribution in [3.8, 4) is 0 Å². The van der Waals surface area contributed by atoms with Gasteiger partial charge in [0.2, 0.25) is 0 Å². The molecule has 1 aromatic heterocycles. The van der Waals surface area contributed by atoms with Crippen molar-refractivity contribution in [1.29, 1.82) is 0 Å². The third-order valence-electron chi connectivity index (χ3n) is 6.44. The molecule has 3 aromatic carbocycles. The number of carbonyl (C=O) groups excluding carboxylic acids is 2. The third-order valence-corrected chi connectivity index (χ3v) is 7.31. The average Bonchev–Trinajstić information content (AvgIpc) is 2.97. The number of carbonyl (C=O) groups is 2. The van der Waals surface area contributed by atoms with Gasteiger partial charge in [0, 0.05) is 18.4 Å². The molecule has 0 spiro atoms. The number of hydrogen-bond acceptors (Lipinski definition) is 8. The summed E-state index contributed by atoms with van der Waals surface area (Å²) in [5, 5.41) is 4.03. The van der Waals surface area contributed by atoms with Gasteiger partial charge in [-0.15, -0.1) is 0 Å². The predicted octanol–water partition coefficient (Wildman–Crippen LogP) is 7.12. The van der Waals surface area contributed by atoms with Gasteiger partial charge in [0.1, 0.15) is 11.2 Å². The summed E-state index contributed by atoms with van der Waals surface area (Å²) in [5.41, 5.74) is 0.246. The minimum Gasteiger partial charge on any atom is -0.443 e. The second kappa shape index (κ2) is 14.1. The Bertz CT molecular complexity index is 1510. The molecule has 236 valence electrons. The normalized spacial score (nSPS) is 12.0. The highest BCUT2D eigenvalue weighted by Gasteiger charge is 2.36. The lowest BCUT2D eigenvalue weighted by Gasteiger charge is -2.37. The highest BCUT2D eigenvalue weighted by atomic mass is 32.2. The lowest BCUT2D eigenvalue weighted by atomic mass is 9.77. The number of benzene rings is 3. The topological polar surface area (TPSA) is 114 Å². The van der Waals surface area contributed by atoms with Crippen molar-refractivity contribution in [1.82, 2.24) is 15.3 Å². The molecule has 2 N–H and O–H groups in total. The van der Waals surface area contributed by atoms with Crippen molar-refractivity contribution in [2.24, 2.45) is 0 Å². The molecular weight excluding hydrogens is 588 g/mol. The number of aromatic nitrogens is 2. The van der Waals surface area contributed by atoms with Crippen LogP contribution in [0.2, 0.25) is 0 Å².